The third kappa shape index (κ3) is 5.48. The van der Waals surface area contributed by atoms with Gasteiger partial charge in [-0.25, -0.2) is 0 Å². The van der Waals surface area contributed by atoms with Crippen molar-refractivity contribution in [1.29, 1.82) is 0 Å². The summed E-state index contributed by atoms with van der Waals surface area (Å²) in [6.45, 7) is 2.04. The Morgan fingerprint density at radius 1 is 2.00 bits per heavy atom. The second-order valence-electron chi connectivity index (χ2n) is 1.22. The second-order valence-corrected chi connectivity index (χ2v) is 1.22. The van der Waals surface area contributed by atoms with Crippen LogP contribution in [0.5, 0.6) is 0 Å². The van der Waals surface area contributed by atoms with Crippen LogP contribution in [0.3, 0.4) is 0 Å². The van der Waals surface area contributed by atoms with E-state index < -0.39 is 0 Å². The molecule has 0 heterocycles. The highest BCUT2D eigenvalue weighted by Crippen LogP contribution is 1.75. The van der Waals surface area contributed by atoms with Crippen LogP contribution in [0, 0.1) is 12.3 Å². The standard InChI is InChI=1S/C5H9NO/c1-3-4-7-5(2)6/h1,5H,4,6H2,2H3. The lowest BCUT2D eigenvalue weighted by molar-refractivity contribution is 0.0976. The van der Waals surface area contributed by atoms with E-state index in [0.717, 1.165) is 0 Å². The van der Waals surface area contributed by atoms with Crippen LogP contribution in [0.2, 0.25) is 0 Å². The highest BCUT2D eigenvalue weighted by Gasteiger charge is 1.85. The average Bonchev–Trinajstić information content (AvgIpc) is 1.61. The van der Waals surface area contributed by atoms with Gasteiger partial charge in [0.15, 0.2) is 0 Å². The molecule has 1 unspecified atom stereocenters. The van der Waals surface area contributed by atoms with Gasteiger partial charge in [0.2, 0.25) is 0 Å². The first kappa shape index (κ1) is 6.48. The zero-order valence-corrected chi connectivity index (χ0v) is 4.35. The number of terminal acetylenes is 1. The summed E-state index contributed by atoms with van der Waals surface area (Å²) in [5, 5.41) is 0. The largest absolute Gasteiger partial charge is 0.351 e. The maximum atomic E-state index is 5.16. The van der Waals surface area contributed by atoms with Gasteiger partial charge in [0.25, 0.3) is 0 Å². The molecule has 0 aromatic heterocycles. The van der Waals surface area contributed by atoms with Crippen LogP contribution in [0.1, 0.15) is 6.92 Å². The van der Waals surface area contributed by atoms with Gasteiger partial charge in [0, 0.05) is 0 Å². The fourth-order valence-corrected chi connectivity index (χ4v) is 0.180. The first-order valence-electron chi connectivity index (χ1n) is 2.08. The molecule has 40 valence electrons. The molecule has 0 aliphatic rings. The van der Waals surface area contributed by atoms with E-state index in [1.54, 1.807) is 6.92 Å². The molecule has 7 heavy (non-hydrogen) atoms. The molecular formula is C5H9NO. The lowest BCUT2D eigenvalue weighted by atomic mass is 10.7. The topological polar surface area (TPSA) is 35.2 Å². The van der Waals surface area contributed by atoms with E-state index in [9.17, 15) is 0 Å². The summed E-state index contributed by atoms with van der Waals surface area (Å²) >= 11 is 0. The van der Waals surface area contributed by atoms with Gasteiger partial charge in [0.05, 0.1) is 0 Å². The van der Waals surface area contributed by atoms with Crippen molar-refractivity contribution in [2.45, 2.75) is 13.2 Å². The Hall–Kier alpha value is -0.520. The predicted molar refractivity (Wildman–Crippen MR) is 28.4 cm³/mol. The molecule has 0 saturated heterocycles. The van der Waals surface area contributed by atoms with Gasteiger partial charge in [-0.05, 0) is 6.92 Å². The minimum atomic E-state index is -0.240. The summed E-state index contributed by atoms with van der Waals surface area (Å²) in [6.07, 6.45) is 4.61. The Balaban J connectivity index is 2.86. The van der Waals surface area contributed by atoms with Crippen molar-refractivity contribution in [1.82, 2.24) is 0 Å². The molecule has 0 aliphatic carbocycles. The van der Waals surface area contributed by atoms with E-state index in [1.807, 2.05) is 0 Å². The van der Waals surface area contributed by atoms with Crippen LogP contribution in [0.25, 0.3) is 0 Å². The van der Waals surface area contributed by atoms with Crippen LogP contribution in [0.15, 0.2) is 0 Å². The van der Waals surface area contributed by atoms with Crippen LogP contribution in [-0.2, 0) is 4.74 Å². The van der Waals surface area contributed by atoms with E-state index in [-0.39, 0.29) is 6.23 Å². The predicted octanol–water partition coefficient (Wildman–Crippen LogP) is -0.0591. The summed E-state index contributed by atoms with van der Waals surface area (Å²) in [6, 6.07) is 0. The van der Waals surface area contributed by atoms with Crippen LogP contribution in [-0.4, -0.2) is 12.8 Å². The summed E-state index contributed by atoms with van der Waals surface area (Å²) < 4.78 is 4.73. The molecule has 2 N–H and O–H groups in total. The van der Waals surface area contributed by atoms with Gasteiger partial charge < -0.3 is 10.5 Å². The van der Waals surface area contributed by atoms with Crippen molar-refractivity contribution < 1.29 is 4.74 Å². The molecule has 0 saturated carbocycles. The molecule has 0 aromatic carbocycles. The Bertz CT molecular complexity index is 72.6. The maximum absolute atomic E-state index is 5.16. The lowest BCUT2D eigenvalue weighted by Crippen LogP contribution is -2.18. The first-order chi connectivity index (χ1) is 3.27. The molecule has 2 heteroatoms. The SMILES string of the molecule is C#CCOC(C)N. The lowest BCUT2D eigenvalue weighted by Gasteiger charge is -2.00. The minimum absolute atomic E-state index is 0.240. The summed E-state index contributed by atoms with van der Waals surface area (Å²) in [7, 11) is 0. The molecule has 0 aliphatic heterocycles. The van der Waals surface area contributed by atoms with Crippen molar-refractivity contribution in [2.24, 2.45) is 5.73 Å². The molecule has 0 bridgehead atoms. The zero-order chi connectivity index (χ0) is 5.70. The van der Waals surface area contributed by atoms with E-state index in [4.69, 9.17) is 16.9 Å². The third-order valence-corrected chi connectivity index (χ3v) is 0.430. The number of hydrogen-bond donors (Lipinski definition) is 1. The zero-order valence-electron chi connectivity index (χ0n) is 4.35. The van der Waals surface area contributed by atoms with Crippen molar-refractivity contribution in [3.8, 4) is 12.3 Å². The maximum Gasteiger partial charge on any atom is 0.109 e. The molecule has 0 radical (unpaired) electrons. The van der Waals surface area contributed by atoms with Crippen LogP contribution in [0.4, 0.5) is 0 Å². The van der Waals surface area contributed by atoms with Gasteiger partial charge in [0.1, 0.15) is 12.8 Å². The number of ether oxygens (including phenoxy) is 1. The number of rotatable bonds is 2. The Kier molecular flexibility index (Phi) is 3.39. The van der Waals surface area contributed by atoms with Gasteiger partial charge in [-0.1, -0.05) is 5.92 Å². The normalized spacial score (nSPS) is 12.7. The smallest absolute Gasteiger partial charge is 0.109 e. The number of nitrogens with two attached hydrogens (primary N) is 1. The van der Waals surface area contributed by atoms with Crippen LogP contribution >= 0.6 is 0 Å². The van der Waals surface area contributed by atoms with Crippen LogP contribution < -0.4 is 5.73 Å². The van der Waals surface area contributed by atoms with Crippen molar-refractivity contribution in [3.05, 3.63) is 0 Å². The molecule has 0 fully saturated rings. The average molecular weight is 99.1 g/mol. The van der Waals surface area contributed by atoms with Crippen molar-refractivity contribution >= 4 is 0 Å². The third-order valence-electron chi connectivity index (χ3n) is 0.430. The van der Waals surface area contributed by atoms with Gasteiger partial charge in [-0.2, -0.15) is 0 Å². The summed E-state index contributed by atoms with van der Waals surface area (Å²) in [5.41, 5.74) is 5.16. The molecule has 0 rings (SSSR count). The van der Waals surface area contributed by atoms with Gasteiger partial charge in [-0.3, -0.25) is 0 Å². The molecular weight excluding hydrogens is 90.1 g/mol. The fourth-order valence-electron chi connectivity index (χ4n) is 0.180. The first-order valence-corrected chi connectivity index (χ1v) is 2.08. The quantitative estimate of drug-likeness (QED) is 0.389. The Labute approximate surface area is 43.7 Å². The molecule has 1 atom stereocenters. The van der Waals surface area contributed by atoms with E-state index in [1.165, 1.54) is 0 Å². The molecule has 0 aromatic rings. The van der Waals surface area contributed by atoms with Gasteiger partial charge >= 0.3 is 0 Å². The highest BCUT2D eigenvalue weighted by atomic mass is 16.5. The monoisotopic (exact) mass is 99.1 g/mol. The van der Waals surface area contributed by atoms with E-state index >= 15 is 0 Å². The molecule has 0 amide bonds. The number of hydrogen-bond acceptors (Lipinski definition) is 2. The Morgan fingerprint density at radius 2 is 2.57 bits per heavy atom. The summed E-state index contributed by atoms with van der Waals surface area (Å²) in [5.74, 6) is 2.30. The highest BCUT2D eigenvalue weighted by molar-refractivity contribution is 4.82. The molecule has 2 nitrogen and oxygen atoms in total. The van der Waals surface area contributed by atoms with E-state index in [2.05, 4.69) is 5.92 Å². The second kappa shape index (κ2) is 3.66. The van der Waals surface area contributed by atoms with Crippen molar-refractivity contribution in [2.75, 3.05) is 6.61 Å². The van der Waals surface area contributed by atoms with Gasteiger partial charge in [-0.15, -0.1) is 6.42 Å². The fraction of sp³-hybridized carbons (Fsp3) is 0.600. The summed E-state index contributed by atoms with van der Waals surface area (Å²) in [4.78, 5) is 0. The Morgan fingerprint density at radius 3 is 2.71 bits per heavy atom. The molecule has 0 spiro atoms. The minimum Gasteiger partial charge on any atom is -0.351 e. The van der Waals surface area contributed by atoms with Crippen molar-refractivity contribution in [3.63, 3.8) is 0 Å². The van der Waals surface area contributed by atoms with E-state index in [0.29, 0.717) is 6.61 Å².